The van der Waals surface area contributed by atoms with E-state index in [9.17, 15) is 8.42 Å². The fourth-order valence-electron chi connectivity index (χ4n) is 5.82. The summed E-state index contributed by atoms with van der Waals surface area (Å²) < 4.78 is 52.2. The van der Waals surface area contributed by atoms with Gasteiger partial charge in [-0.25, -0.2) is 13.4 Å². The summed E-state index contributed by atoms with van der Waals surface area (Å²) in [5, 5.41) is 2.13. The van der Waals surface area contributed by atoms with Crippen molar-refractivity contribution in [2.24, 2.45) is 16.8 Å². The number of nitrogens with zero attached hydrogens (tertiary/aromatic N) is 3. The quantitative estimate of drug-likeness (QED) is 0.339. The summed E-state index contributed by atoms with van der Waals surface area (Å²) in [6, 6.07) is 11.1. The van der Waals surface area contributed by atoms with Crippen LogP contribution >= 0.6 is 11.3 Å². The molecule has 11 heteroatoms. The highest BCUT2D eigenvalue weighted by molar-refractivity contribution is 7.89. The first-order valence-corrected chi connectivity index (χ1v) is 16.3. The van der Waals surface area contributed by atoms with Crippen LogP contribution in [0.2, 0.25) is 0 Å². The van der Waals surface area contributed by atoms with Crippen molar-refractivity contribution in [2.45, 2.75) is 44.0 Å². The molecule has 0 bridgehead atoms. The topological polar surface area (TPSA) is 91.6 Å². The molecule has 0 spiro atoms. The number of rotatable bonds is 8. The van der Waals surface area contributed by atoms with Crippen molar-refractivity contribution in [3.8, 4) is 28.5 Å². The molecule has 3 atom stereocenters. The average molecular weight is 602 g/mol. The lowest BCUT2D eigenvalue weighted by atomic mass is 9.78. The van der Waals surface area contributed by atoms with E-state index in [1.54, 1.807) is 56.9 Å². The van der Waals surface area contributed by atoms with Crippen molar-refractivity contribution in [1.29, 1.82) is 0 Å². The van der Waals surface area contributed by atoms with Gasteiger partial charge >= 0.3 is 0 Å². The standard InChI is InChI=1S/C30H39N3O6S2/c1-20-7-6-8-25(21(20)2)33-26(22-17-27(36-3)29(38-5)28(18-22)37-4)19-40-30(33)31-23-9-11-24(12-10-23)41(34,35)32-13-15-39-16-14-32/h9-12,17-21,25H,6-8,13-16H2,1-5H3. The van der Waals surface area contributed by atoms with E-state index in [0.29, 0.717) is 61.1 Å². The van der Waals surface area contributed by atoms with Crippen LogP contribution in [0.15, 0.2) is 51.7 Å². The number of hydrogen-bond acceptors (Lipinski definition) is 8. The van der Waals surface area contributed by atoms with E-state index < -0.39 is 10.0 Å². The van der Waals surface area contributed by atoms with Crippen LogP contribution in [-0.4, -0.2) is 64.9 Å². The molecule has 2 aliphatic rings. The second-order valence-corrected chi connectivity index (χ2v) is 13.4. The molecule has 1 saturated heterocycles. The molecule has 222 valence electrons. The van der Waals surface area contributed by atoms with Gasteiger partial charge in [0.2, 0.25) is 15.8 Å². The Bertz CT molecular complexity index is 1500. The van der Waals surface area contributed by atoms with Crippen molar-refractivity contribution in [1.82, 2.24) is 8.87 Å². The lowest BCUT2D eigenvalue weighted by Crippen LogP contribution is -2.40. The highest BCUT2D eigenvalue weighted by Gasteiger charge is 2.31. The van der Waals surface area contributed by atoms with E-state index in [-0.39, 0.29) is 10.9 Å². The lowest BCUT2D eigenvalue weighted by molar-refractivity contribution is 0.0730. The number of hydrogen-bond donors (Lipinski definition) is 0. The SMILES string of the molecule is COc1cc(-c2csc(=Nc3ccc(S(=O)(=O)N4CCOCC4)cc3)n2C2CCCC(C)C2C)cc(OC)c1OC. The van der Waals surface area contributed by atoms with E-state index in [1.165, 1.54) is 10.7 Å². The van der Waals surface area contributed by atoms with E-state index in [4.69, 9.17) is 23.9 Å². The minimum atomic E-state index is -3.57. The Balaban J connectivity index is 1.59. The van der Waals surface area contributed by atoms with E-state index in [2.05, 4.69) is 23.8 Å². The van der Waals surface area contributed by atoms with Crippen molar-refractivity contribution in [3.63, 3.8) is 0 Å². The van der Waals surface area contributed by atoms with Gasteiger partial charge in [0.15, 0.2) is 16.3 Å². The van der Waals surface area contributed by atoms with Gasteiger partial charge in [-0.2, -0.15) is 4.31 Å². The first-order valence-electron chi connectivity index (χ1n) is 14.0. The maximum atomic E-state index is 13.1. The molecule has 0 radical (unpaired) electrons. The Hall–Kier alpha value is -2.86. The number of sulfonamides is 1. The molecule has 2 fully saturated rings. The van der Waals surface area contributed by atoms with Crippen molar-refractivity contribution >= 4 is 27.0 Å². The summed E-state index contributed by atoms with van der Waals surface area (Å²) in [5.41, 5.74) is 2.69. The van der Waals surface area contributed by atoms with Gasteiger partial charge in [0.05, 0.1) is 50.8 Å². The van der Waals surface area contributed by atoms with Gasteiger partial charge in [-0.1, -0.05) is 26.7 Å². The molecule has 41 heavy (non-hydrogen) atoms. The molecule has 1 aliphatic heterocycles. The second-order valence-electron chi connectivity index (χ2n) is 10.6. The summed E-state index contributed by atoms with van der Waals surface area (Å²) in [6.45, 7) is 6.21. The first-order chi connectivity index (χ1) is 19.8. The Morgan fingerprint density at radius 3 is 2.22 bits per heavy atom. The monoisotopic (exact) mass is 601 g/mol. The molecule has 3 unspecified atom stereocenters. The Kier molecular flexibility index (Phi) is 9.08. The summed E-state index contributed by atoms with van der Waals surface area (Å²) >= 11 is 1.58. The third kappa shape index (κ3) is 5.90. The largest absolute Gasteiger partial charge is 0.493 e. The number of aromatic nitrogens is 1. The van der Waals surface area contributed by atoms with Gasteiger partial charge in [-0.3, -0.25) is 0 Å². The number of ether oxygens (including phenoxy) is 4. The number of methoxy groups -OCH3 is 3. The summed E-state index contributed by atoms with van der Waals surface area (Å²) in [5.74, 6) is 2.79. The smallest absolute Gasteiger partial charge is 0.243 e. The zero-order valence-corrected chi connectivity index (χ0v) is 26.0. The third-order valence-electron chi connectivity index (χ3n) is 8.37. The van der Waals surface area contributed by atoms with Crippen LogP contribution in [-0.2, 0) is 14.8 Å². The number of morpholine rings is 1. The fraction of sp³-hybridized carbons (Fsp3) is 0.500. The Morgan fingerprint density at radius 2 is 1.61 bits per heavy atom. The average Bonchev–Trinajstić information content (AvgIpc) is 3.41. The van der Waals surface area contributed by atoms with Crippen LogP contribution in [0.25, 0.3) is 11.3 Å². The maximum absolute atomic E-state index is 13.1. The molecule has 5 rings (SSSR count). The maximum Gasteiger partial charge on any atom is 0.243 e. The Morgan fingerprint density at radius 1 is 0.951 bits per heavy atom. The van der Waals surface area contributed by atoms with Gasteiger partial charge in [0.1, 0.15) is 0 Å². The Labute approximate surface area is 246 Å². The molecular weight excluding hydrogens is 562 g/mol. The second kappa shape index (κ2) is 12.6. The predicted octanol–water partition coefficient (Wildman–Crippen LogP) is 5.49. The van der Waals surface area contributed by atoms with Crippen LogP contribution in [0.3, 0.4) is 0 Å². The molecule has 3 aromatic rings. The van der Waals surface area contributed by atoms with Crippen LogP contribution < -0.4 is 19.0 Å². The summed E-state index contributed by atoms with van der Waals surface area (Å²) in [4.78, 5) is 6.18. The minimum absolute atomic E-state index is 0.263. The van der Waals surface area contributed by atoms with Crippen LogP contribution in [0.1, 0.15) is 39.2 Å². The van der Waals surface area contributed by atoms with E-state index >= 15 is 0 Å². The highest BCUT2D eigenvalue weighted by Crippen LogP contribution is 2.44. The summed E-state index contributed by atoms with van der Waals surface area (Å²) in [7, 11) is 1.28. The zero-order chi connectivity index (χ0) is 29.1. The van der Waals surface area contributed by atoms with E-state index in [0.717, 1.165) is 28.9 Å². The molecule has 2 heterocycles. The van der Waals surface area contributed by atoms with Crippen LogP contribution in [0.5, 0.6) is 17.2 Å². The number of thiazole rings is 1. The van der Waals surface area contributed by atoms with Crippen molar-refractivity contribution < 1.29 is 27.4 Å². The van der Waals surface area contributed by atoms with Crippen LogP contribution in [0.4, 0.5) is 5.69 Å². The minimum Gasteiger partial charge on any atom is -0.493 e. The molecule has 1 aromatic heterocycles. The molecule has 0 N–H and O–H groups in total. The normalized spacial score (nSPS) is 22.5. The van der Waals surface area contributed by atoms with Crippen molar-refractivity contribution in [3.05, 3.63) is 46.6 Å². The summed E-state index contributed by atoms with van der Waals surface area (Å²) in [6.07, 6.45) is 3.43. The van der Waals surface area contributed by atoms with Gasteiger partial charge in [0.25, 0.3) is 0 Å². The molecular formula is C30H39N3O6S2. The molecule has 0 amide bonds. The molecule has 1 aliphatic carbocycles. The molecule has 2 aromatic carbocycles. The third-order valence-corrected chi connectivity index (χ3v) is 11.1. The molecule has 9 nitrogen and oxygen atoms in total. The van der Waals surface area contributed by atoms with Gasteiger partial charge in [-0.05, 0) is 54.7 Å². The predicted molar refractivity (Wildman–Crippen MR) is 160 cm³/mol. The first kappa shape index (κ1) is 29.6. The van der Waals surface area contributed by atoms with Gasteiger partial charge in [0, 0.05) is 30.1 Å². The zero-order valence-electron chi connectivity index (χ0n) is 24.3. The fourth-order valence-corrected chi connectivity index (χ4v) is 8.20. The van der Waals surface area contributed by atoms with Gasteiger partial charge in [-0.15, -0.1) is 11.3 Å². The highest BCUT2D eigenvalue weighted by atomic mass is 32.2. The van der Waals surface area contributed by atoms with Crippen LogP contribution in [0, 0.1) is 11.8 Å². The van der Waals surface area contributed by atoms with E-state index in [1.807, 2.05) is 12.1 Å². The number of benzene rings is 2. The molecule has 1 saturated carbocycles. The lowest BCUT2D eigenvalue weighted by Gasteiger charge is -2.36. The van der Waals surface area contributed by atoms with Crippen molar-refractivity contribution in [2.75, 3.05) is 47.6 Å². The van der Waals surface area contributed by atoms with Gasteiger partial charge < -0.3 is 23.5 Å².